The summed E-state index contributed by atoms with van der Waals surface area (Å²) in [6.45, 7) is 0.642. The van der Waals surface area contributed by atoms with Crippen LogP contribution < -0.4 is 15.4 Å². The van der Waals surface area contributed by atoms with Gasteiger partial charge in [0.05, 0.1) is 12.2 Å². The van der Waals surface area contributed by atoms with Crippen LogP contribution >= 0.6 is 15.9 Å². The normalized spacial score (nSPS) is 10.0. The lowest BCUT2D eigenvalue weighted by Gasteiger charge is -2.09. The highest BCUT2D eigenvalue weighted by atomic mass is 79.9. The number of carbonyl (C=O) groups is 1. The maximum Gasteiger partial charge on any atom is 0.319 e. The summed E-state index contributed by atoms with van der Waals surface area (Å²) in [5.41, 5.74) is 0.142. The Kier molecular flexibility index (Phi) is 5.57. The van der Waals surface area contributed by atoms with E-state index in [0.29, 0.717) is 13.2 Å². The number of para-hydroxylation sites is 1. The van der Waals surface area contributed by atoms with Crippen LogP contribution in [0.15, 0.2) is 53.0 Å². The second-order valence-corrected chi connectivity index (χ2v) is 5.08. The summed E-state index contributed by atoms with van der Waals surface area (Å²) in [6, 6.07) is 12.9. The molecule has 0 aromatic heterocycles. The van der Waals surface area contributed by atoms with Crippen LogP contribution in [0.4, 0.5) is 14.9 Å². The van der Waals surface area contributed by atoms with Crippen LogP contribution in [0.3, 0.4) is 0 Å². The summed E-state index contributed by atoms with van der Waals surface area (Å²) < 4.78 is 19.7. The first-order valence-corrected chi connectivity index (χ1v) is 7.12. The first-order chi connectivity index (χ1) is 10.1. The zero-order valence-corrected chi connectivity index (χ0v) is 12.7. The average Bonchev–Trinajstić information content (AvgIpc) is 2.48. The van der Waals surface area contributed by atoms with Gasteiger partial charge in [0.2, 0.25) is 0 Å². The van der Waals surface area contributed by atoms with Crippen molar-refractivity contribution in [3.05, 3.63) is 58.8 Å². The van der Waals surface area contributed by atoms with Gasteiger partial charge in [0.25, 0.3) is 0 Å². The molecule has 0 heterocycles. The van der Waals surface area contributed by atoms with Crippen molar-refractivity contribution in [2.24, 2.45) is 0 Å². The second kappa shape index (κ2) is 7.64. The molecule has 4 nitrogen and oxygen atoms in total. The lowest BCUT2D eigenvalue weighted by molar-refractivity contribution is 0.247. The van der Waals surface area contributed by atoms with Crippen molar-refractivity contribution in [2.75, 3.05) is 18.5 Å². The Bertz CT molecular complexity index is 605. The molecule has 0 spiro atoms. The summed E-state index contributed by atoms with van der Waals surface area (Å²) in [6.07, 6.45) is 0. The third kappa shape index (κ3) is 5.07. The number of amides is 2. The zero-order valence-electron chi connectivity index (χ0n) is 11.1. The van der Waals surface area contributed by atoms with Crippen molar-refractivity contribution in [1.82, 2.24) is 5.32 Å². The second-order valence-electron chi connectivity index (χ2n) is 4.16. The van der Waals surface area contributed by atoms with Crippen molar-refractivity contribution >= 4 is 27.6 Å². The topological polar surface area (TPSA) is 50.4 Å². The molecule has 21 heavy (non-hydrogen) atoms. The summed E-state index contributed by atoms with van der Waals surface area (Å²) in [5.74, 6) is 0.244. The molecule has 2 aromatic rings. The molecule has 0 atom stereocenters. The SMILES string of the molecule is O=C(NCCOc1ccc(Br)cc1)Nc1ccccc1F. The zero-order chi connectivity index (χ0) is 15.1. The van der Waals surface area contributed by atoms with E-state index in [0.717, 1.165) is 10.2 Å². The third-order valence-electron chi connectivity index (χ3n) is 2.59. The fraction of sp³-hybridized carbons (Fsp3) is 0.133. The highest BCUT2D eigenvalue weighted by Gasteiger charge is 2.05. The largest absolute Gasteiger partial charge is 0.492 e. The van der Waals surface area contributed by atoms with Crippen LogP contribution in [0.1, 0.15) is 0 Å². The molecule has 0 radical (unpaired) electrons. The maximum atomic E-state index is 13.3. The van der Waals surface area contributed by atoms with Crippen LogP contribution in [0.2, 0.25) is 0 Å². The van der Waals surface area contributed by atoms with E-state index < -0.39 is 11.8 Å². The molecule has 0 fully saturated rings. The molecule has 0 aliphatic heterocycles. The minimum atomic E-state index is -0.473. The number of hydrogen-bond acceptors (Lipinski definition) is 2. The molecule has 2 N–H and O–H groups in total. The molecular weight excluding hydrogens is 339 g/mol. The molecule has 110 valence electrons. The molecule has 2 rings (SSSR count). The van der Waals surface area contributed by atoms with Gasteiger partial charge in [0, 0.05) is 4.47 Å². The van der Waals surface area contributed by atoms with Gasteiger partial charge in [-0.2, -0.15) is 0 Å². The fourth-order valence-corrected chi connectivity index (χ4v) is 1.86. The van der Waals surface area contributed by atoms with Crippen molar-refractivity contribution < 1.29 is 13.9 Å². The maximum absolute atomic E-state index is 13.3. The van der Waals surface area contributed by atoms with Gasteiger partial charge < -0.3 is 15.4 Å². The minimum Gasteiger partial charge on any atom is -0.492 e. The molecule has 0 aliphatic carbocycles. The Morgan fingerprint density at radius 1 is 1.14 bits per heavy atom. The number of urea groups is 1. The molecule has 0 aliphatic rings. The number of rotatable bonds is 5. The molecule has 0 bridgehead atoms. The number of hydrogen-bond donors (Lipinski definition) is 2. The van der Waals surface area contributed by atoms with E-state index in [1.54, 1.807) is 12.1 Å². The van der Waals surface area contributed by atoms with Gasteiger partial charge in [-0.15, -0.1) is 0 Å². The van der Waals surface area contributed by atoms with E-state index in [9.17, 15) is 9.18 Å². The Morgan fingerprint density at radius 3 is 2.57 bits per heavy atom. The van der Waals surface area contributed by atoms with Gasteiger partial charge in [-0.25, -0.2) is 9.18 Å². The first-order valence-electron chi connectivity index (χ1n) is 6.33. The third-order valence-corrected chi connectivity index (χ3v) is 3.12. The number of carbonyl (C=O) groups excluding carboxylic acids is 1. The highest BCUT2D eigenvalue weighted by Crippen LogP contribution is 2.15. The predicted molar refractivity (Wildman–Crippen MR) is 83.1 cm³/mol. The van der Waals surface area contributed by atoms with E-state index in [2.05, 4.69) is 26.6 Å². The summed E-state index contributed by atoms with van der Waals surface area (Å²) >= 11 is 3.33. The van der Waals surface area contributed by atoms with Crippen molar-refractivity contribution in [3.8, 4) is 5.75 Å². The molecule has 0 saturated carbocycles. The molecular formula is C15H14BrFN2O2. The average molecular weight is 353 g/mol. The Hall–Kier alpha value is -2.08. The molecule has 2 amide bonds. The van der Waals surface area contributed by atoms with Crippen LogP contribution in [0.25, 0.3) is 0 Å². The van der Waals surface area contributed by atoms with E-state index in [-0.39, 0.29) is 5.69 Å². The highest BCUT2D eigenvalue weighted by molar-refractivity contribution is 9.10. The van der Waals surface area contributed by atoms with E-state index in [1.807, 2.05) is 24.3 Å². The molecule has 0 unspecified atom stereocenters. The lowest BCUT2D eigenvalue weighted by atomic mass is 10.3. The van der Waals surface area contributed by atoms with Gasteiger partial charge in [0.1, 0.15) is 18.2 Å². The number of ether oxygens (including phenoxy) is 1. The fourth-order valence-electron chi connectivity index (χ4n) is 1.59. The number of nitrogens with one attached hydrogen (secondary N) is 2. The minimum absolute atomic E-state index is 0.142. The van der Waals surface area contributed by atoms with E-state index in [4.69, 9.17) is 4.74 Å². The molecule has 2 aromatic carbocycles. The van der Waals surface area contributed by atoms with Gasteiger partial charge in [-0.05, 0) is 36.4 Å². The van der Waals surface area contributed by atoms with E-state index in [1.165, 1.54) is 12.1 Å². The number of halogens is 2. The number of anilines is 1. The number of benzene rings is 2. The monoisotopic (exact) mass is 352 g/mol. The van der Waals surface area contributed by atoms with Gasteiger partial charge in [0.15, 0.2) is 0 Å². The smallest absolute Gasteiger partial charge is 0.319 e. The summed E-state index contributed by atoms with van der Waals surface area (Å²) in [4.78, 5) is 11.6. The first kappa shape index (κ1) is 15.3. The van der Waals surface area contributed by atoms with Crippen LogP contribution in [0.5, 0.6) is 5.75 Å². The molecule has 6 heteroatoms. The Labute approximate surface area is 130 Å². The van der Waals surface area contributed by atoms with Gasteiger partial charge >= 0.3 is 6.03 Å². The lowest BCUT2D eigenvalue weighted by Crippen LogP contribution is -2.32. The Balaban J connectivity index is 1.70. The predicted octanol–water partition coefficient (Wildman–Crippen LogP) is 3.79. The van der Waals surface area contributed by atoms with Crippen molar-refractivity contribution in [3.63, 3.8) is 0 Å². The van der Waals surface area contributed by atoms with Gasteiger partial charge in [-0.3, -0.25) is 0 Å². The van der Waals surface area contributed by atoms with Crippen LogP contribution in [-0.4, -0.2) is 19.2 Å². The Morgan fingerprint density at radius 2 is 1.86 bits per heavy atom. The van der Waals surface area contributed by atoms with Crippen molar-refractivity contribution in [2.45, 2.75) is 0 Å². The summed E-state index contributed by atoms with van der Waals surface area (Å²) in [5, 5.41) is 5.02. The van der Waals surface area contributed by atoms with Crippen molar-refractivity contribution in [1.29, 1.82) is 0 Å². The van der Waals surface area contributed by atoms with E-state index >= 15 is 0 Å². The van der Waals surface area contributed by atoms with Crippen LogP contribution in [0, 0.1) is 5.82 Å². The van der Waals surface area contributed by atoms with Crippen LogP contribution in [-0.2, 0) is 0 Å². The summed E-state index contributed by atoms with van der Waals surface area (Å²) in [7, 11) is 0. The quantitative estimate of drug-likeness (QED) is 0.804. The standard InChI is InChI=1S/C15H14BrFN2O2/c16-11-5-7-12(8-6-11)21-10-9-18-15(20)19-14-4-2-1-3-13(14)17/h1-8H,9-10H2,(H2,18,19,20). The van der Waals surface area contributed by atoms with Gasteiger partial charge in [-0.1, -0.05) is 28.1 Å². The molecule has 0 saturated heterocycles.